The quantitative estimate of drug-likeness (QED) is 0.810. The third-order valence-electron chi connectivity index (χ3n) is 2.13. The molecule has 0 aliphatic rings. The van der Waals surface area contributed by atoms with Gasteiger partial charge in [0.2, 0.25) is 0 Å². The molecule has 7 nitrogen and oxygen atoms in total. The molecule has 0 saturated heterocycles. The molecule has 8 heteroatoms. The summed E-state index contributed by atoms with van der Waals surface area (Å²) in [5, 5.41) is 7.41. The lowest BCUT2D eigenvalue weighted by Gasteiger charge is -2.04. The van der Waals surface area contributed by atoms with Gasteiger partial charge in [-0.3, -0.25) is 9.67 Å². The van der Waals surface area contributed by atoms with Crippen molar-refractivity contribution >= 4 is 15.5 Å². The molecule has 0 aliphatic carbocycles. The van der Waals surface area contributed by atoms with Gasteiger partial charge in [-0.25, -0.2) is 8.42 Å². The van der Waals surface area contributed by atoms with Crippen molar-refractivity contribution in [1.82, 2.24) is 20.0 Å². The van der Waals surface area contributed by atoms with E-state index in [9.17, 15) is 8.42 Å². The van der Waals surface area contributed by atoms with Crippen LogP contribution in [-0.2, 0) is 22.6 Å². The molecule has 0 atom stereocenters. The molecular weight excluding hydrogens is 242 g/mol. The number of pyridine rings is 1. The zero-order valence-corrected chi connectivity index (χ0v) is 9.92. The largest absolute Gasteiger partial charge is 0.396 e. The van der Waals surface area contributed by atoms with Gasteiger partial charge in [0.1, 0.15) is 5.75 Å². The minimum Gasteiger partial charge on any atom is -0.396 e. The average molecular weight is 253 g/mol. The monoisotopic (exact) mass is 253 g/mol. The minimum absolute atomic E-state index is 0.0677. The van der Waals surface area contributed by atoms with Crippen LogP contribution in [0.4, 0.5) is 5.69 Å². The first-order valence-electron chi connectivity index (χ1n) is 4.76. The highest BCUT2D eigenvalue weighted by Crippen LogP contribution is 2.20. The lowest BCUT2D eigenvalue weighted by molar-refractivity contribution is 0.595. The Hall–Kier alpha value is -1.96. The van der Waals surface area contributed by atoms with Crippen LogP contribution in [-0.4, -0.2) is 28.4 Å². The molecule has 2 aromatic rings. The van der Waals surface area contributed by atoms with Crippen molar-refractivity contribution in [2.24, 2.45) is 7.05 Å². The topological polar surface area (TPSA) is 104 Å². The summed E-state index contributed by atoms with van der Waals surface area (Å²) in [5.74, 6) is -0.227. The van der Waals surface area contributed by atoms with Crippen LogP contribution in [0.3, 0.4) is 0 Å². The molecule has 2 aromatic heterocycles. The molecule has 2 heterocycles. The normalized spacial score (nSPS) is 11.6. The van der Waals surface area contributed by atoms with Gasteiger partial charge in [-0.05, 0) is 6.07 Å². The van der Waals surface area contributed by atoms with Crippen LogP contribution in [0, 0.1) is 0 Å². The lowest BCUT2D eigenvalue weighted by Crippen LogP contribution is -2.08. The van der Waals surface area contributed by atoms with Crippen LogP contribution >= 0.6 is 0 Å². The van der Waals surface area contributed by atoms with Gasteiger partial charge in [-0.2, -0.15) is 0 Å². The first-order valence-corrected chi connectivity index (χ1v) is 6.42. The summed E-state index contributed by atoms with van der Waals surface area (Å²) >= 11 is 0. The molecule has 0 bridgehead atoms. The number of anilines is 1. The molecule has 2 N–H and O–H groups in total. The molecule has 0 radical (unpaired) electrons. The van der Waals surface area contributed by atoms with Crippen LogP contribution < -0.4 is 5.73 Å². The number of rotatable bonds is 3. The van der Waals surface area contributed by atoms with Gasteiger partial charge < -0.3 is 5.73 Å². The van der Waals surface area contributed by atoms with Crippen molar-refractivity contribution in [3.63, 3.8) is 0 Å². The first kappa shape index (κ1) is 11.5. The number of hydrogen-bond acceptors (Lipinski definition) is 6. The summed E-state index contributed by atoms with van der Waals surface area (Å²) in [6.07, 6.45) is 4.25. The molecule has 0 unspecified atom stereocenters. The Morgan fingerprint density at radius 3 is 2.82 bits per heavy atom. The first-order chi connectivity index (χ1) is 7.99. The summed E-state index contributed by atoms with van der Waals surface area (Å²) in [7, 11) is -1.84. The second-order valence-corrected chi connectivity index (χ2v) is 5.51. The molecular formula is C9H11N5O2S. The number of nitrogens with two attached hydrogens (primary N) is 1. The zero-order valence-electron chi connectivity index (χ0n) is 9.11. The van der Waals surface area contributed by atoms with Gasteiger partial charge in [-0.1, -0.05) is 5.21 Å². The minimum atomic E-state index is -3.51. The highest BCUT2D eigenvalue weighted by molar-refractivity contribution is 7.90. The Morgan fingerprint density at radius 2 is 2.24 bits per heavy atom. The second-order valence-electron chi connectivity index (χ2n) is 3.56. The zero-order chi connectivity index (χ0) is 12.5. The number of nitrogen functional groups attached to an aromatic ring is 1. The van der Waals surface area contributed by atoms with Gasteiger partial charge in [0.15, 0.2) is 9.84 Å². The van der Waals surface area contributed by atoms with Crippen molar-refractivity contribution in [3.8, 4) is 0 Å². The van der Waals surface area contributed by atoms with Crippen LogP contribution in [0.2, 0.25) is 0 Å². The number of nitrogens with zero attached hydrogens (tertiary/aromatic N) is 4. The molecule has 0 amide bonds. The standard InChI is InChI=1S/C9H11N5O2S/c1-14-5-7(12-13-14)6-17(15,16)9-2-3-11-4-8(9)10/h2-5H,6,10H2,1H3. The third-order valence-corrected chi connectivity index (χ3v) is 3.85. The van der Waals surface area contributed by atoms with E-state index in [0.29, 0.717) is 5.69 Å². The summed E-state index contributed by atoms with van der Waals surface area (Å²) in [6, 6.07) is 1.38. The smallest absolute Gasteiger partial charge is 0.186 e. The Bertz CT molecular complexity index is 634. The van der Waals surface area contributed by atoms with E-state index in [1.54, 1.807) is 13.2 Å². The Kier molecular flexibility index (Phi) is 2.80. The van der Waals surface area contributed by atoms with Crippen molar-refractivity contribution < 1.29 is 8.42 Å². The van der Waals surface area contributed by atoms with Gasteiger partial charge in [-0.15, -0.1) is 5.10 Å². The fourth-order valence-electron chi connectivity index (χ4n) is 1.41. The summed E-state index contributed by atoms with van der Waals surface area (Å²) in [5.41, 5.74) is 6.10. The predicted molar refractivity (Wildman–Crippen MR) is 60.5 cm³/mol. The molecule has 0 aromatic carbocycles. The molecule has 0 spiro atoms. The van der Waals surface area contributed by atoms with Crippen molar-refractivity contribution in [3.05, 3.63) is 30.4 Å². The number of aryl methyl sites for hydroxylation is 1. The van der Waals surface area contributed by atoms with Gasteiger partial charge in [0, 0.05) is 19.4 Å². The third kappa shape index (κ3) is 2.41. The van der Waals surface area contributed by atoms with E-state index in [2.05, 4.69) is 15.3 Å². The van der Waals surface area contributed by atoms with E-state index in [4.69, 9.17) is 5.73 Å². The Morgan fingerprint density at radius 1 is 1.47 bits per heavy atom. The van der Waals surface area contributed by atoms with E-state index in [0.717, 1.165) is 0 Å². The highest BCUT2D eigenvalue weighted by atomic mass is 32.2. The van der Waals surface area contributed by atoms with Crippen molar-refractivity contribution in [2.45, 2.75) is 10.6 Å². The highest BCUT2D eigenvalue weighted by Gasteiger charge is 2.19. The van der Waals surface area contributed by atoms with Crippen LogP contribution in [0.25, 0.3) is 0 Å². The fraction of sp³-hybridized carbons (Fsp3) is 0.222. The van der Waals surface area contributed by atoms with Gasteiger partial charge in [0.05, 0.1) is 22.5 Å². The molecule has 90 valence electrons. The number of hydrogen-bond donors (Lipinski definition) is 1. The summed E-state index contributed by atoms with van der Waals surface area (Å²) < 4.78 is 25.5. The number of sulfone groups is 1. The average Bonchev–Trinajstić information content (AvgIpc) is 2.63. The van der Waals surface area contributed by atoms with Crippen molar-refractivity contribution in [2.75, 3.05) is 5.73 Å². The maximum Gasteiger partial charge on any atom is 0.186 e. The molecule has 0 fully saturated rings. The second kappa shape index (κ2) is 4.13. The Labute approximate surface area is 98.2 Å². The Balaban J connectivity index is 2.35. The van der Waals surface area contributed by atoms with Gasteiger partial charge in [0.25, 0.3) is 0 Å². The van der Waals surface area contributed by atoms with E-state index in [-0.39, 0.29) is 16.3 Å². The van der Waals surface area contributed by atoms with E-state index in [1.165, 1.54) is 23.1 Å². The molecule has 2 rings (SSSR count). The predicted octanol–water partition coefficient (Wildman–Crippen LogP) is -0.234. The maximum atomic E-state index is 12.0. The van der Waals surface area contributed by atoms with Crippen LogP contribution in [0.15, 0.2) is 29.6 Å². The maximum absolute atomic E-state index is 12.0. The SMILES string of the molecule is Cn1cc(CS(=O)(=O)c2ccncc2N)nn1. The van der Waals surface area contributed by atoms with E-state index >= 15 is 0 Å². The van der Waals surface area contributed by atoms with E-state index < -0.39 is 9.84 Å². The molecule has 17 heavy (non-hydrogen) atoms. The molecule has 0 saturated carbocycles. The number of aromatic nitrogens is 4. The van der Waals surface area contributed by atoms with Crippen molar-refractivity contribution in [1.29, 1.82) is 0 Å². The van der Waals surface area contributed by atoms with Crippen LogP contribution in [0.5, 0.6) is 0 Å². The molecule has 0 aliphatic heterocycles. The summed E-state index contributed by atoms with van der Waals surface area (Å²) in [4.78, 5) is 3.82. The van der Waals surface area contributed by atoms with Crippen LogP contribution in [0.1, 0.15) is 5.69 Å². The van der Waals surface area contributed by atoms with E-state index in [1.807, 2.05) is 0 Å². The summed E-state index contributed by atoms with van der Waals surface area (Å²) in [6.45, 7) is 0. The van der Waals surface area contributed by atoms with Gasteiger partial charge >= 0.3 is 0 Å². The fourth-order valence-corrected chi connectivity index (χ4v) is 2.77. The lowest BCUT2D eigenvalue weighted by atomic mass is 10.4.